The Morgan fingerprint density at radius 3 is 2.47 bits per heavy atom. The topological polar surface area (TPSA) is 116 Å². The van der Waals surface area contributed by atoms with E-state index in [1.807, 2.05) is 12.2 Å². The van der Waals surface area contributed by atoms with E-state index in [2.05, 4.69) is 0 Å². The van der Waals surface area contributed by atoms with Crippen LogP contribution < -0.4 is 5.73 Å². The molecule has 6 N–H and O–H groups in total. The van der Waals surface area contributed by atoms with E-state index in [-0.39, 0.29) is 11.9 Å². The molecule has 0 aliphatic carbocycles. The number of ether oxygens (including phenoxy) is 1. The highest BCUT2D eigenvalue weighted by atomic mass is 32.2. The molecule has 1 fully saturated rings. The minimum Gasteiger partial charge on any atom is -0.395 e. The van der Waals surface area contributed by atoms with E-state index >= 15 is 0 Å². The van der Waals surface area contributed by atoms with Crippen molar-refractivity contribution in [3.05, 3.63) is 12.2 Å². The van der Waals surface area contributed by atoms with Gasteiger partial charge in [0.1, 0.15) is 29.9 Å². The highest BCUT2D eigenvalue weighted by molar-refractivity contribution is 8.00. The largest absolute Gasteiger partial charge is 0.395 e. The summed E-state index contributed by atoms with van der Waals surface area (Å²) in [6.07, 6.45) is 0.571. The van der Waals surface area contributed by atoms with Crippen molar-refractivity contribution >= 4 is 11.8 Å². The first-order chi connectivity index (χ1) is 9.04. The van der Waals surface area contributed by atoms with Crippen LogP contribution in [-0.4, -0.2) is 68.2 Å². The van der Waals surface area contributed by atoms with Gasteiger partial charge in [0.2, 0.25) is 0 Å². The van der Waals surface area contributed by atoms with E-state index in [1.165, 1.54) is 11.8 Å². The molecular weight excluding hydrogens is 270 g/mol. The monoisotopic (exact) mass is 291 g/mol. The molecule has 0 amide bonds. The molecule has 1 saturated heterocycles. The maximum atomic E-state index is 9.94. The van der Waals surface area contributed by atoms with Gasteiger partial charge in [-0.15, -0.1) is 11.8 Å². The molecule has 2 aliphatic rings. The number of aliphatic hydroxyl groups is 4. The summed E-state index contributed by atoms with van der Waals surface area (Å²) in [7, 11) is 0. The minimum absolute atomic E-state index is 0.0447. The summed E-state index contributed by atoms with van der Waals surface area (Å²) >= 11 is 1.26. The standard InChI is InChI=1S/C12H21NO5S/c13-7-4-2-1-3-6(5-14)19-12-10(17)8(15)9(16)11(7)18-12/h1-2,6-12,14-17H,3-5,13H2/b2-1-/t6?,7-,8-,9?,10-,11-,12?/m1/s1. The Hall–Kier alpha value is -0.150. The van der Waals surface area contributed by atoms with Crippen molar-refractivity contribution in [2.24, 2.45) is 5.73 Å². The van der Waals surface area contributed by atoms with E-state index in [4.69, 9.17) is 10.5 Å². The first kappa shape index (κ1) is 15.2. The Labute approximate surface area is 116 Å². The van der Waals surface area contributed by atoms with Gasteiger partial charge >= 0.3 is 0 Å². The third kappa shape index (κ3) is 3.30. The molecule has 2 rings (SSSR count). The van der Waals surface area contributed by atoms with Gasteiger partial charge in [-0.25, -0.2) is 0 Å². The average Bonchev–Trinajstić information content (AvgIpc) is 2.41. The summed E-state index contributed by atoms with van der Waals surface area (Å²) in [6.45, 7) is -0.0447. The summed E-state index contributed by atoms with van der Waals surface area (Å²) in [6, 6.07) is -0.442. The molecule has 0 radical (unpaired) electrons. The van der Waals surface area contributed by atoms with Crippen molar-refractivity contribution in [1.29, 1.82) is 0 Å². The molecular formula is C12H21NO5S. The van der Waals surface area contributed by atoms with Gasteiger partial charge in [0.05, 0.1) is 6.61 Å². The smallest absolute Gasteiger partial charge is 0.132 e. The van der Waals surface area contributed by atoms with E-state index in [9.17, 15) is 20.4 Å². The highest BCUT2D eigenvalue weighted by Gasteiger charge is 2.46. The van der Waals surface area contributed by atoms with Crippen LogP contribution in [-0.2, 0) is 4.74 Å². The number of hydrogen-bond donors (Lipinski definition) is 5. The normalized spacial score (nSPS) is 49.6. The Morgan fingerprint density at radius 2 is 1.79 bits per heavy atom. The van der Waals surface area contributed by atoms with Gasteiger partial charge < -0.3 is 30.9 Å². The fourth-order valence-corrected chi connectivity index (χ4v) is 3.54. The SMILES string of the molecule is N[C@@H]1C/C=C\CC(CO)SC2O[C@H]1C(O)[C@@H](O)[C@H]2O. The summed E-state index contributed by atoms with van der Waals surface area (Å²) in [5.41, 5.74) is 5.26. The molecule has 0 spiro atoms. The lowest BCUT2D eigenvalue weighted by Gasteiger charge is -2.43. The van der Waals surface area contributed by atoms with E-state index < -0.39 is 35.9 Å². The van der Waals surface area contributed by atoms with E-state index in [1.54, 1.807) is 0 Å². The second kappa shape index (κ2) is 6.53. The lowest BCUT2D eigenvalue weighted by Crippen LogP contribution is -2.61. The maximum absolute atomic E-state index is 9.94. The van der Waals surface area contributed by atoms with Gasteiger partial charge in [0, 0.05) is 11.3 Å². The number of allylic oxidation sites excluding steroid dienone is 1. The van der Waals surface area contributed by atoms with Crippen molar-refractivity contribution in [3.63, 3.8) is 0 Å². The lowest BCUT2D eigenvalue weighted by atomic mass is 9.93. The predicted molar refractivity (Wildman–Crippen MR) is 71.5 cm³/mol. The average molecular weight is 291 g/mol. The summed E-state index contributed by atoms with van der Waals surface area (Å²) in [5, 5.41) is 38.9. The van der Waals surface area contributed by atoms with Crippen LogP contribution in [0, 0.1) is 0 Å². The molecule has 7 atom stereocenters. The molecule has 0 aromatic heterocycles. The van der Waals surface area contributed by atoms with Gasteiger partial charge in [-0.05, 0) is 12.8 Å². The van der Waals surface area contributed by atoms with E-state index in [0.717, 1.165) is 0 Å². The quantitative estimate of drug-likeness (QED) is 0.376. The zero-order valence-electron chi connectivity index (χ0n) is 10.5. The molecule has 2 heterocycles. The Balaban J connectivity index is 2.21. The van der Waals surface area contributed by atoms with Crippen LogP contribution in [0.1, 0.15) is 12.8 Å². The van der Waals surface area contributed by atoms with E-state index in [0.29, 0.717) is 12.8 Å². The number of aliphatic hydroxyl groups excluding tert-OH is 4. The second-order valence-electron chi connectivity index (χ2n) is 4.99. The molecule has 0 aromatic carbocycles. The zero-order valence-corrected chi connectivity index (χ0v) is 11.3. The van der Waals surface area contributed by atoms with Gasteiger partial charge in [-0.1, -0.05) is 12.2 Å². The van der Waals surface area contributed by atoms with Crippen LogP contribution in [0.3, 0.4) is 0 Å². The van der Waals surface area contributed by atoms with Gasteiger partial charge in [0.25, 0.3) is 0 Å². The van der Waals surface area contributed by atoms with Crippen LogP contribution in [0.25, 0.3) is 0 Å². The summed E-state index contributed by atoms with van der Waals surface area (Å²) < 4.78 is 5.64. The zero-order chi connectivity index (χ0) is 14.0. The number of rotatable bonds is 1. The summed E-state index contributed by atoms with van der Waals surface area (Å²) in [4.78, 5) is 0. The molecule has 6 nitrogen and oxygen atoms in total. The molecule has 110 valence electrons. The second-order valence-corrected chi connectivity index (χ2v) is 6.39. The van der Waals surface area contributed by atoms with Gasteiger partial charge in [0.15, 0.2) is 0 Å². The van der Waals surface area contributed by atoms with Crippen molar-refractivity contribution in [2.45, 2.75) is 54.0 Å². The first-order valence-corrected chi connectivity index (χ1v) is 7.35. The molecule has 3 unspecified atom stereocenters. The fourth-order valence-electron chi connectivity index (χ4n) is 2.34. The highest BCUT2D eigenvalue weighted by Crippen LogP contribution is 2.34. The van der Waals surface area contributed by atoms with Crippen LogP contribution in [0.5, 0.6) is 0 Å². The third-order valence-electron chi connectivity index (χ3n) is 3.53. The van der Waals surface area contributed by atoms with Gasteiger partial charge in [-0.2, -0.15) is 0 Å². The van der Waals surface area contributed by atoms with Crippen LogP contribution in [0.2, 0.25) is 0 Å². The molecule has 19 heavy (non-hydrogen) atoms. The lowest BCUT2D eigenvalue weighted by molar-refractivity contribution is -0.202. The maximum Gasteiger partial charge on any atom is 0.132 e. The minimum atomic E-state index is -1.29. The van der Waals surface area contributed by atoms with Crippen LogP contribution in [0.4, 0.5) is 0 Å². The Bertz CT molecular complexity index is 329. The predicted octanol–water partition coefficient (Wildman–Crippen LogP) is -1.43. The molecule has 2 bridgehead atoms. The molecule has 0 aromatic rings. The molecule has 0 saturated carbocycles. The van der Waals surface area contributed by atoms with Crippen molar-refractivity contribution in [1.82, 2.24) is 0 Å². The molecule has 2 aliphatic heterocycles. The first-order valence-electron chi connectivity index (χ1n) is 6.41. The van der Waals surface area contributed by atoms with Crippen LogP contribution in [0.15, 0.2) is 12.2 Å². The number of nitrogens with two attached hydrogens (primary N) is 1. The number of hydrogen-bond acceptors (Lipinski definition) is 7. The van der Waals surface area contributed by atoms with Crippen molar-refractivity contribution < 1.29 is 25.2 Å². The summed E-state index contributed by atoms with van der Waals surface area (Å²) in [5.74, 6) is 0. The Kier molecular flexibility index (Phi) is 5.24. The fraction of sp³-hybridized carbons (Fsp3) is 0.833. The van der Waals surface area contributed by atoms with Crippen molar-refractivity contribution in [2.75, 3.05) is 6.61 Å². The van der Waals surface area contributed by atoms with Crippen molar-refractivity contribution in [3.8, 4) is 0 Å². The number of thioether (sulfide) groups is 1. The number of fused-ring (bicyclic) bond motifs is 2. The Morgan fingerprint density at radius 1 is 1.11 bits per heavy atom. The van der Waals surface area contributed by atoms with Crippen LogP contribution >= 0.6 is 11.8 Å². The third-order valence-corrected chi connectivity index (χ3v) is 4.92. The van der Waals surface area contributed by atoms with Gasteiger partial charge in [-0.3, -0.25) is 0 Å². The molecule has 7 heteroatoms.